The summed E-state index contributed by atoms with van der Waals surface area (Å²) in [5.74, 6) is 1.04. The number of rotatable bonds is 7. The number of anilines is 1. The zero-order chi connectivity index (χ0) is 26.3. The molecule has 6 rings (SSSR count). The predicted molar refractivity (Wildman–Crippen MR) is 153 cm³/mol. The van der Waals surface area contributed by atoms with Gasteiger partial charge in [-0.25, -0.2) is 9.18 Å². The molecule has 3 heterocycles. The molecule has 6 nitrogen and oxygen atoms in total. The number of benzene rings is 2. The summed E-state index contributed by atoms with van der Waals surface area (Å²) in [6.07, 6.45) is 4.96. The molecule has 198 valence electrons. The molecular weight excluding hydrogens is 596 g/mol. The molecule has 1 amide bonds. The lowest BCUT2D eigenvalue weighted by Gasteiger charge is -2.37. The van der Waals surface area contributed by atoms with Gasteiger partial charge in [0.1, 0.15) is 17.2 Å². The first-order chi connectivity index (χ1) is 18.4. The van der Waals surface area contributed by atoms with Crippen LogP contribution in [0.3, 0.4) is 0 Å². The van der Waals surface area contributed by atoms with Crippen LogP contribution < -0.4 is 9.64 Å². The van der Waals surface area contributed by atoms with Gasteiger partial charge in [-0.1, -0.05) is 0 Å². The average molecular weight is 627 g/mol. The largest absolute Gasteiger partial charge is 0.494 e. The second-order valence-electron chi connectivity index (χ2n) is 10.5. The van der Waals surface area contributed by atoms with Crippen LogP contribution in [0.2, 0.25) is 0 Å². The van der Waals surface area contributed by atoms with E-state index in [0.29, 0.717) is 19.1 Å². The molecule has 8 heteroatoms. The first-order valence-electron chi connectivity index (χ1n) is 13.3. The summed E-state index contributed by atoms with van der Waals surface area (Å²) in [5, 5.41) is 0. The maximum absolute atomic E-state index is 13.5. The quantitative estimate of drug-likeness (QED) is 0.271. The summed E-state index contributed by atoms with van der Waals surface area (Å²) in [6, 6.07) is 15.6. The normalized spacial score (nSPS) is 19.1. The molecule has 2 aromatic carbocycles. The summed E-state index contributed by atoms with van der Waals surface area (Å²) in [4.78, 5) is 21.3. The highest BCUT2D eigenvalue weighted by Crippen LogP contribution is 2.46. The van der Waals surface area contributed by atoms with E-state index in [9.17, 15) is 9.18 Å². The fourth-order valence-electron chi connectivity index (χ4n) is 5.61. The molecule has 3 fully saturated rings. The van der Waals surface area contributed by atoms with Crippen LogP contribution in [0.4, 0.5) is 14.9 Å². The van der Waals surface area contributed by atoms with Gasteiger partial charge < -0.3 is 9.47 Å². The predicted octanol–water partition coefficient (Wildman–Crippen LogP) is 6.76. The summed E-state index contributed by atoms with van der Waals surface area (Å²) >= 11 is 2.27. The first kappa shape index (κ1) is 25.6. The van der Waals surface area contributed by atoms with E-state index < -0.39 is 5.60 Å². The summed E-state index contributed by atoms with van der Waals surface area (Å²) < 4.78 is 26.7. The first-order valence-corrected chi connectivity index (χ1v) is 14.4. The maximum Gasteiger partial charge on any atom is 0.415 e. The average Bonchev–Trinajstić information content (AvgIpc) is 3.71. The van der Waals surface area contributed by atoms with E-state index in [0.717, 1.165) is 71.6 Å². The van der Waals surface area contributed by atoms with E-state index in [-0.39, 0.29) is 11.9 Å². The van der Waals surface area contributed by atoms with E-state index in [1.807, 2.05) is 31.2 Å². The number of pyridine rings is 1. The molecule has 3 aromatic rings. The zero-order valence-electron chi connectivity index (χ0n) is 21.5. The van der Waals surface area contributed by atoms with Crippen molar-refractivity contribution in [1.29, 1.82) is 0 Å². The summed E-state index contributed by atoms with van der Waals surface area (Å²) in [6.45, 7) is 5.62. The van der Waals surface area contributed by atoms with Crippen LogP contribution in [0.15, 0.2) is 54.7 Å². The van der Waals surface area contributed by atoms with Gasteiger partial charge in [-0.05, 0) is 102 Å². The number of piperidine rings is 1. The number of hydrogen-bond acceptors (Lipinski definition) is 5. The minimum Gasteiger partial charge on any atom is -0.494 e. The lowest BCUT2D eigenvalue weighted by molar-refractivity contribution is -0.00111. The Hall–Kier alpha value is -2.72. The highest BCUT2D eigenvalue weighted by Gasteiger charge is 2.47. The van der Waals surface area contributed by atoms with Crippen molar-refractivity contribution in [1.82, 2.24) is 9.88 Å². The summed E-state index contributed by atoms with van der Waals surface area (Å²) in [5.41, 5.74) is 4.71. The SMILES string of the molecule is CCOc1cc(-c2ccc(F)cn2)c(C2CC2)cc1CN1CCC2(CC1)CN(c1ccc(I)cc1)C(=O)O2. The van der Waals surface area contributed by atoms with Gasteiger partial charge in [0.2, 0.25) is 0 Å². The molecule has 1 aliphatic carbocycles. The third-order valence-corrected chi connectivity index (χ3v) is 8.54. The monoisotopic (exact) mass is 627 g/mol. The molecular formula is C30H31FIN3O3. The molecule has 0 N–H and O–H groups in total. The molecule has 1 saturated carbocycles. The lowest BCUT2D eigenvalue weighted by Crippen LogP contribution is -2.46. The van der Waals surface area contributed by atoms with Crippen LogP contribution in [0.5, 0.6) is 5.75 Å². The van der Waals surface area contributed by atoms with E-state index in [1.165, 1.54) is 23.4 Å². The van der Waals surface area contributed by atoms with Crippen molar-refractivity contribution in [2.45, 2.75) is 50.7 Å². The number of hydrogen-bond donors (Lipinski definition) is 0. The fourth-order valence-corrected chi connectivity index (χ4v) is 5.97. The highest BCUT2D eigenvalue weighted by molar-refractivity contribution is 14.1. The standard InChI is InChI=1S/C30H31FIN3O3/c1-2-37-28-16-26(27-10-5-22(31)17-33-27)25(20-3-4-20)15-21(28)18-34-13-11-30(12-14-34)19-35(29(36)38-30)24-8-6-23(32)7-9-24/h5-10,15-17,20H,2-4,11-14,18-19H2,1H3. The Morgan fingerprint density at radius 2 is 1.89 bits per heavy atom. The Kier molecular flexibility index (Phi) is 7.03. The van der Waals surface area contributed by atoms with Gasteiger partial charge in [-0.2, -0.15) is 0 Å². The van der Waals surface area contributed by atoms with Crippen molar-refractivity contribution in [2.24, 2.45) is 0 Å². The van der Waals surface area contributed by atoms with Crippen molar-refractivity contribution in [3.05, 3.63) is 75.2 Å². The zero-order valence-corrected chi connectivity index (χ0v) is 23.6. The Bertz CT molecular complexity index is 1320. The van der Waals surface area contributed by atoms with Crippen LogP contribution in [0.1, 0.15) is 49.7 Å². The van der Waals surface area contributed by atoms with Crippen LogP contribution in [-0.2, 0) is 11.3 Å². The topological polar surface area (TPSA) is 54.9 Å². The van der Waals surface area contributed by atoms with Gasteiger partial charge in [0.05, 0.1) is 25.0 Å². The van der Waals surface area contributed by atoms with E-state index >= 15 is 0 Å². The molecule has 1 spiro atoms. The molecule has 0 atom stereocenters. The number of ether oxygens (including phenoxy) is 2. The van der Waals surface area contributed by atoms with Crippen molar-refractivity contribution < 1.29 is 18.7 Å². The summed E-state index contributed by atoms with van der Waals surface area (Å²) in [7, 11) is 0. The van der Waals surface area contributed by atoms with Crippen LogP contribution in [0.25, 0.3) is 11.3 Å². The third kappa shape index (κ3) is 5.25. The minimum absolute atomic E-state index is 0.252. The molecule has 3 aliphatic rings. The molecule has 2 saturated heterocycles. The van der Waals surface area contributed by atoms with Crippen LogP contribution in [0, 0.1) is 9.39 Å². The molecule has 38 heavy (non-hydrogen) atoms. The molecule has 0 bridgehead atoms. The maximum atomic E-state index is 13.5. The Morgan fingerprint density at radius 1 is 1.13 bits per heavy atom. The third-order valence-electron chi connectivity index (χ3n) is 7.82. The Balaban J connectivity index is 1.18. The van der Waals surface area contributed by atoms with Crippen molar-refractivity contribution in [2.75, 3.05) is 31.1 Å². The number of aromatic nitrogens is 1. The van der Waals surface area contributed by atoms with Gasteiger partial charge in [0.25, 0.3) is 0 Å². The smallest absolute Gasteiger partial charge is 0.415 e. The number of halogens is 2. The van der Waals surface area contributed by atoms with Gasteiger partial charge in [-0.3, -0.25) is 14.8 Å². The lowest BCUT2D eigenvalue weighted by atomic mass is 9.90. The second-order valence-corrected chi connectivity index (χ2v) is 11.8. The van der Waals surface area contributed by atoms with Crippen LogP contribution >= 0.6 is 22.6 Å². The van der Waals surface area contributed by atoms with Gasteiger partial charge >= 0.3 is 6.09 Å². The van der Waals surface area contributed by atoms with E-state index in [4.69, 9.17) is 9.47 Å². The van der Waals surface area contributed by atoms with Crippen molar-refractivity contribution in [3.63, 3.8) is 0 Å². The fraction of sp³-hybridized carbons (Fsp3) is 0.400. The highest BCUT2D eigenvalue weighted by atomic mass is 127. The minimum atomic E-state index is -0.434. The van der Waals surface area contributed by atoms with Crippen molar-refractivity contribution >= 4 is 34.4 Å². The molecule has 0 radical (unpaired) electrons. The second kappa shape index (κ2) is 10.4. The molecule has 1 aromatic heterocycles. The Labute approximate surface area is 236 Å². The molecule has 0 unspecified atom stereocenters. The van der Waals surface area contributed by atoms with E-state index in [2.05, 4.69) is 44.6 Å². The van der Waals surface area contributed by atoms with Gasteiger partial charge in [-0.15, -0.1) is 0 Å². The number of carbonyl (C=O) groups excluding carboxylic acids is 1. The Morgan fingerprint density at radius 3 is 2.55 bits per heavy atom. The molecule has 2 aliphatic heterocycles. The van der Waals surface area contributed by atoms with E-state index in [1.54, 1.807) is 11.0 Å². The number of nitrogens with zero attached hydrogens (tertiary/aromatic N) is 3. The number of likely N-dealkylation sites (tertiary alicyclic amines) is 1. The van der Waals surface area contributed by atoms with Crippen molar-refractivity contribution in [3.8, 4) is 17.0 Å². The van der Waals surface area contributed by atoms with Gasteiger partial charge in [0.15, 0.2) is 0 Å². The van der Waals surface area contributed by atoms with Gasteiger partial charge in [0, 0.05) is 52.9 Å². The number of carbonyl (C=O) groups is 1. The number of amides is 1. The van der Waals surface area contributed by atoms with Crippen LogP contribution in [-0.4, -0.2) is 47.8 Å².